The van der Waals surface area contributed by atoms with Gasteiger partial charge in [-0.3, -0.25) is 11.3 Å². The van der Waals surface area contributed by atoms with Crippen LogP contribution in [0.5, 0.6) is 5.75 Å². The van der Waals surface area contributed by atoms with Crippen molar-refractivity contribution < 1.29 is 17.9 Å². The Labute approximate surface area is 120 Å². The molecule has 3 nitrogen and oxygen atoms in total. The summed E-state index contributed by atoms with van der Waals surface area (Å²) in [6, 6.07) is 6.93. The first-order chi connectivity index (χ1) is 10.0. The third-order valence-corrected chi connectivity index (χ3v) is 3.22. The molecule has 0 heterocycles. The third-order valence-electron chi connectivity index (χ3n) is 3.22. The summed E-state index contributed by atoms with van der Waals surface area (Å²) in [7, 11) is 1.43. The van der Waals surface area contributed by atoms with E-state index in [0.29, 0.717) is 5.75 Å². The molecule has 0 saturated heterocycles. The summed E-state index contributed by atoms with van der Waals surface area (Å²) in [6.07, 6.45) is 0.0891. The minimum absolute atomic E-state index is 0.0891. The Morgan fingerprint density at radius 2 is 1.86 bits per heavy atom. The van der Waals surface area contributed by atoms with Crippen molar-refractivity contribution in [3.8, 4) is 5.75 Å². The number of hydrogen-bond acceptors (Lipinski definition) is 3. The second kappa shape index (κ2) is 6.60. The number of methoxy groups -OCH3 is 1. The second-order valence-electron chi connectivity index (χ2n) is 4.55. The monoisotopic (exact) mass is 296 g/mol. The van der Waals surface area contributed by atoms with Crippen LogP contribution in [0, 0.1) is 17.5 Å². The molecule has 0 fully saturated rings. The summed E-state index contributed by atoms with van der Waals surface area (Å²) in [5.74, 6) is 3.94. The lowest BCUT2D eigenvalue weighted by atomic mass is 9.98. The van der Waals surface area contributed by atoms with Crippen molar-refractivity contribution >= 4 is 0 Å². The molecule has 1 atom stereocenters. The maximum Gasteiger partial charge on any atom is 0.131 e. The molecular weight excluding hydrogens is 281 g/mol. The highest BCUT2D eigenvalue weighted by atomic mass is 19.1. The molecule has 0 amide bonds. The first-order valence-electron chi connectivity index (χ1n) is 6.28. The van der Waals surface area contributed by atoms with Gasteiger partial charge in [-0.05, 0) is 24.1 Å². The smallest absolute Gasteiger partial charge is 0.131 e. The Morgan fingerprint density at radius 3 is 2.43 bits per heavy atom. The van der Waals surface area contributed by atoms with Gasteiger partial charge in [-0.1, -0.05) is 12.1 Å². The maximum atomic E-state index is 14.0. The van der Waals surface area contributed by atoms with Gasteiger partial charge in [-0.2, -0.15) is 0 Å². The first kappa shape index (κ1) is 15.3. The quantitative estimate of drug-likeness (QED) is 0.659. The lowest BCUT2D eigenvalue weighted by Gasteiger charge is -2.18. The Kier molecular flexibility index (Phi) is 4.82. The molecule has 0 radical (unpaired) electrons. The van der Waals surface area contributed by atoms with Crippen molar-refractivity contribution in [2.75, 3.05) is 7.11 Å². The Balaban J connectivity index is 2.27. The molecule has 0 saturated carbocycles. The highest BCUT2D eigenvalue weighted by molar-refractivity contribution is 5.32. The largest absolute Gasteiger partial charge is 0.497 e. The van der Waals surface area contributed by atoms with E-state index in [1.54, 1.807) is 6.07 Å². The van der Waals surface area contributed by atoms with Gasteiger partial charge in [-0.25, -0.2) is 13.2 Å². The number of hydrazine groups is 1. The summed E-state index contributed by atoms with van der Waals surface area (Å²) in [5, 5.41) is 0. The Hall–Kier alpha value is -2.05. The van der Waals surface area contributed by atoms with Crippen LogP contribution in [0.25, 0.3) is 0 Å². The number of hydrogen-bond donors (Lipinski definition) is 2. The summed E-state index contributed by atoms with van der Waals surface area (Å²) in [5.41, 5.74) is 2.97. The van der Waals surface area contributed by atoms with Crippen LogP contribution in [0.15, 0.2) is 36.4 Å². The molecule has 3 N–H and O–H groups in total. The maximum absolute atomic E-state index is 14.0. The van der Waals surface area contributed by atoms with Crippen LogP contribution in [-0.2, 0) is 6.42 Å². The van der Waals surface area contributed by atoms with E-state index in [9.17, 15) is 13.2 Å². The fourth-order valence-corrected chi connectivity index (χ4v) is 2.08. The minimum Gasteiger partial charge on any atom is -0.497 e. The molecule has 2 aromatic rings. The molecule has 0 aromatic heterocycles. The van der Waals surface area contributed by atoms with E-state index in [0.717, 1.165) is 12.1 Å². The van der Waals surface area contributed by atoms with Crippen LogP contribution >= 0.6 is 0 Å². The van der Waals surface area contributed by atoms with E-state index >= 15 is 0 Å². The summed E-state index contributed by atoms with van der Waals surface area (Å²) in [6.45, 7) is 0. The first-order valence-corrected chi connectivity index (χ1v) is 6.28. The molecular formula is C15H15F3N2O. The molecule has 2 rings (SSSR count). The van der Waals surface area contributed by atoms with Gasteiger partial charge in [0.2, 0.25) is 0 Å². The normalized spacial score (nSPS) is 12.2. The zero-order chi connectivity index (χ0) is 15.4. The van der Waals surface area contributed by atoms with Crippen LogP contribution < -0.4 is 16.0 Å². The SMILES string of the molecule is COc1ccc(C(Cc2ccc(F)cc2F)NN)c(F)c1. The minimum atomic E-state index is -0.691. The fraction of sp³-hybridized carbons (Fsp3) is 0.200. The number of ether oxygens (including phenoxy) is 1. The zero-order valence-electron chi connectivity index (χ0n) is 11.4. The molecule has 0 aliphatic rings. The second-order valence-corrected chi connectivity index (χ2v) is 4.55. The molecule has 0 bridgehead atoms. The Bertz CT molecular complexity index is 634. The summed E-state index contributed by atoms with van der Waals surface area (Å²) < 4.78 is 45.5. The zero-order valence-corrected chi connectivity index (χ0v) is 11.4. The number of benzene rings is 2. The van der Waals surface area contributed by atoms with E-state index in [2.05, 4.69) is 5.43 Å². The van der Waals surface area contributed by atoms with Crippen molar-refractivity contribution in [3.63, 3.8) is 0 Å². The molecule has 1 unspecified atom stereocenters. The van der Waals surface area contributed by atoms with E-state index in [1.807, 2.05) is 0 Å². The number of rotatable bonds is 5. The number of nitrogens with one attached hydrogen (secondary N) is 1. The van der Waals surface area contributed by atoms with Crippen molar-refractivity contribution in [1.82, 2.24) is 5.43 Å². The predicted molar refractivity (Wildman–Crippen MR) is 73.1 cm³/mol. The van der Waals surface area contributed by atoms with Gasteiger partial charge in [0.25, 0.3) is 0 Å². The van der Waals surface area contributed by atoms with Gasteiger partial charge in [-0.15, -0.1) is 0 Å². The average molecular weight is 296 g/mol. The van der Waals surface area contributed by atoms with E-state index in [-0.39, 0.29) is 17.5 Å². The van der Waals surface area contributed by atoms with Crippen molar-refractivity contribution in [3.05, 3.63) is 65.0 Å². The van der Waals surface area contributed by atoms with Crippen molar-refractivity contribution in [2.45, 2.75) is 12.5 Å². The van der Waals surface area contributed by atoms with Crippen LogP contribution in [0.1, 0.15) is 17.2 Å². The van der Waals surface area contributed by atoms with Crippen LogP contribution in [0.4, 0.5) is 13.2 Å². The van der Waals surface area contributed by atoms with Gasteiger partial charge in [0.15, 0.2) is 0 Å². The van der Waals surface area contributed by atoms with Crippen LogP contribution in [-0.4, -0.2) is 7.11 Å². The predicted octanol–water partition coefficient (Wildman–Crippen LogP) is 2.86. The molecule has 0 aliphatic carbocycles. The highest BCUT2D eigenvalue weighted by Gasteiger charge is 2.17. The Morgan fingerprint density at radius 1 is 1.10 bits per heavy atom. The lowest BCUT2D eigenvalue weighted by Crippen LogP contribution is -2.30. The highest BCUT2D eigenvalue weighted by Crippen LogP contribution is 2.25. The van der Waals surface area contributed by atoms with Crippen LogP contribution in [0.2, 0.25) is 0 Å². The molecule has 2 aromatic carbocycles. The molecule has 21 heavy (non-hydrogen) atoms. The van der Waals surface area contributed by atoms with E-state index < -0.39 is 23.5 Å². The van der Waals surface area contributed by atoms with Gasteiger partial charge in [0.05, 0.1) is 13.2 Å². The topological polar surface area (TPSA) is 47.3 Å². The number of halogens is 3. The molecule has 6 heteroatoms. The van der Waals surface area contributed by atoms with Crippen molar-refractivity contribution in [2.24, 2.45) is 5.84 Å². The van der Waals surface area contributed by atoms with Gasteiger partial charge in [0, 0.05) is 17.7 Å². The molecule has 0 aliphatic heterocycles. The van der Waals surface area contributed by atoms with Gasteiger partial charge >= 0.3 is 0 Å². The van der Waals surface area contributed by atoms with Crippen molar-refractivity contribution in [1.29, 1.82) is 0 Å². The van der Waals surface area contributed by atoms with E-state index in [1.165, 1.54) is 25.3 Å². The summed E-state index contributed by atoms with van der Waals surface area (Å²) in [4.78, 5) is 0. The van der Waals surface area contributed by atoms with Gasteiger partial charge in [0.1, 0.15) is 23.2 Å². The average Bonchev–Trinajstić information content (AvgIpc) is 2.47. The standard InChI is InChI=1S/C15H15F3N2O/c1-21-11-4-5-12(14(18)8-11)15(20-19)6-9-2-3-10(16)7-13(9)17/h2-5,7-8,15,20H,6,19H2,1H3. The molecule has 112 valence electrons. The number of nitrogens with two attached hydrogens (primary N) is 1. The van der Waals surface area contributed by atoms with E-state index in [4.69, 9.17) is 10.6 Å². The third kappa shape index (κ3) is 3.53. The fourth-order valence-electron chi connectivity index (χ4n) is 2.08. The van der Waals surface area contributed by atoms with Gasteiger partial charge < -0.3 is 4.74 Å². The van der Waals surface area contributed by atoms with Crippen LogP contribution in [0.3, 0.4) is 0 Å². The lowest BCUT2D eigenvalue weighted by molar-refractivity contribution is 0.409. The summed E-state index contributed by atoms with van der Waals surface area (Å²) >= 11 is 0. The molecule has 0 spiro atoms.